The summed E-state index contributed by atoms with van der Waals surface area (Å²) in [7, 11) is 0. The van der Waals surface area contributed by atoms with E-state index in [0.717, 1.165) is 5.01 Å². The third-order valence-electron chi connectivity index (χ3n) is 1.87. The van der Waals surface area contributed by atoms with Crippen LogP contribution in [-0.4, -0.2) is 24.1 Å². The maximum absolute atomic E-state index is 11.1. The van der Waals surface area contributed by atoms with Gasteiger partial charge in [-0.05, 0) is 20.8 Å². The van der Waals surface area contributed by atoms with Crippen LogP contribution in [0.2, 0.25) is 0 Å². The predicted molar refractivity (Wildman–Crippen MR) is 59.9 cm³/mol. The number of aryl methyl sites for hydroxylation is 1. The second-order valence-electron chi connectivity index (χ2n) is 3.22. The van der Waals surface area contributed by atoms with Crippen LogP contribution in [-0.2, 0) is 9.53 Å². The molecule has 0 amide bonds. The zero-order valence-corrected chi connectivity index (χ0v) is 10.1. The molecule has 0 aliphatic rings. The Morgan fingerprint density at radius 2 is 2.47 bits per heavy atom. The summed E-state index contributed by atoms with van der Waals surface area (Å²) in [4.78, 5) is 16.5. The van der Waals surface area contributed by atoms with Crippen molar-refractivity contribution in [3.05, 3.63) is 16.1 Å². The van der Waals surface area contributed by atoms with Gasteiger partial charge in [0.2, 0.25) is 0 Å². The van der Waals surface area contributed by atoms with Gasteiger partial charge in [-0.3, -0.25) is 10.1 Å². The smallest absolute Gasteiger partial charge is 0.319 e. The number of hydrogen-bond donors (Lipinski definition) is 1. The summed E-state index contributed by atoms with van der Waals surface area (Å²) < 4.78 is 4.81. The molecule has 1 atom stereocenters. The number of carbonyl (C=O) groups excluding carboxylic acids is 1. The summed E-state index contributed by atoms with van der Waals surface area (Å²) in [6.45, 7) is 6.45. The summed E-state index contributed by atoms with van der Waals surface area (Å²) in [6.07, 6.45) is 1.84. The number of nitrogens with zero attached hydrogens (tertiary/aromatic N) is 1. The number of rotatable bonds is 5. The Morgan fingerprint density at radius 3 is 3.00 bits per heavy atom. The van der Waals surface area contributed by atoms with E-state index < -0.39 is 0 Å². The molecule has 1 heterocycles. The summed E-state index contributed by atoms with van der Waals surface area (Å²) >= 11 is 1.64. The fourth-order valence-electron chi connectivity index (χ4n) is 1.11. The van der Waals surface area contributed by atoms with Crippen LogP contribution in [0.5, 0.6) is 0 Å². The van der Waals surface area contributed by atoms with Crippen LogP contribution >= 0.6 is 11.3 Å². The lowest BCUT2D eigenvalue weighted by Crippen LogP contribution is -2.27. The van der Waals surface area contributed by atoms with E-state index in [1.807, 2.05) is 20.0 Å². The van der Waals surface area contributed by atoms with Crippen LogP contribution < -0.4 is 5.32 Å². The molecule has 1 rings (SSSR count). The van der Waals surface area contributed by atoms with E-state index in [9.17, 15) is 4.79 Å². The molecule has 0 fully saturated rings. The highest BCUT2D eigenvalue weighted by Gasteiger charge is 2.10. The quantitative estimate of drug-likeness (QED) is 0.779. The Labute approximate surface area is 93.7 Å². The van der Waals surface area contributed by atoms with Gasteiger partial charge in [0.1, 0.15) is 5.01 Å². The predicted octanol–water partition coefficient (Wildman–Crippen LogP) is 1.67. The van der Waals surface area contributed by atoms with Gasteiger partial charge in [0.25, 0.3) is 0 Å². The molecule has 0 aromatic carbocycles. The average Bonchev–Trinajstić information content (AvgIpc) is 2.62. The highest BCUT2D eigenvalue weighted by atomic mass is 32.1. The molecule has 0 aliphatic carbocycles. The van der Waals surface area contributed by atoms with Gasteiger partial charge in [-0.2, -0.15) is 0 Å². The van der Waals surface area contributed by atoms with Gasteiger partial charge in [-0.25, -0.2) is 4.98 Å². The van der Waals surface area contributed by atoms with Crippen LogP contribution in [0.15, 0.2) is 6.20 Å². The normalized spacial score (nSPS) is 12.5. The molecule has 0 bridgehead atoms. The Hall–Kier alpha value is -0.940. The van der Waals surface area contributed by atoms with Gasteiger partial charge < -0.3 is 4.74 Å². The van der Waals surface area contributed by atoms with Crippen molar-refractivity contribution in [3.63, 3.8) is 0 Å². The molecule has 1 unspecified atom stereocenters. The number of carbonyl (C=O) groups is 1. The highest BCUT2D eigenvalue weighted by molar-refractivity contribution is 7.11. The molecule has 0 saturated heterocycles. The molecule has 1 aromatic heterocycles. The third-order valence-corrected chi connectivity index (χ3v) is 2.96. The first-order valence-corrected chi connectivity index (χ1v) is 5.76. The molecule has 4 nitrogen and oxygen atoms in total. The second kappa shape index (κ2) is 5.82. The van der Waals surface area contributed by atoms with Gasteiger partial charge in [-0.1, -0.05) is 0 Å². The van der Waals surface area contributed by atoms with E-state index in [4.69, 9.17) is 4.74 Å². The van der Waals surface area contributed by atoms with Crippen molar-refractivity contribution in [2.24, 2.45) is 0 Å². The van der Waals surface area contributed by atoms with Crippen molar-refractivity contribution < 1.29 is 9.53 Å². The zero-order chi connectivity index (χ0) is 11.3. The number of thiazole rings is 1. The minimum atomic E-state index is -0.224. The Bertz CT molecular complexity index is 325. The maximum atomic E-state index is 11.1. The number of esters is 1. The fraction of sp³-hybridized carbons (Fsp3) is 0.600. The molecule has 0 radical (unpaired) electrons. The van der Waals surface area contributed by atoms with E-state index in [0.29, 0.717) is 6.61 Å². The summed E-state index contributed by atoms with van der Waals surface area (Å²) in [6, 6.07) is 0.0908. The molecule has 1 N–H and O–H groups in total. The first-order chi connectivity index (χ1) is 7.13. The monoisotopic (exact) mass is 228 g/mol. The second-order valence-corrected chi connectivity index (χ2v) is 4.48. The number of aromatic nitrogens is 1. The first-order valence-electron chi connectivity index (χ1n) is 4.94. The topological polar surface area (TPSA) is 51.2 Å². The van der Waals surface area contributed by atoms with Crippen molar-refractivity contribution in [2.75, 3.05) is 13.2 Å². The fourth-order valence-corrected chi connectivity index (χ4v) is 1.91. The van der Waals surface area contributed by atoms with Crippen LogP contribution in [0, 0.1) is 6.92 Å². The maximum Gasteiger partial charge on any atom is 0.319 e. The minimum absolute atomic E-state index is 0.0908. The lowest BCUT2D eigenvalue weighted by molar-refractivity contribution is -0.142. The zero-order valence-electron chi connectivity index (χ0n) is 9.24. The summed E-state index contributed by atoms with van der Waals surface area (Å²) in [5, 5.41) is 4.07. The molecule has 0 aliphatic heterocycles. The van der Waals surface area contributed by atoms with Crippen LogP contribution in [0.4, 0.5) is 0 Å². The molecule has 15 heavy (non-hydrogen) atoms. The third kappa shape index (κ3) is 3.97. The highest BCUT2D eigenvalue weighted by Crippen LogP contribution is 2.18. The number of ether oxygens (including phenoxy) is 1. The van der Waals surface area contributed by atoms with Gasteiger partial charge in [0.05, 0.1) is 19.2 Å². The lowest BCUT2D eigenvalue weighted by Gasteiger charge is -2.09. The van der Waals surface area contributed by atoms with E-state index in [2.05, 4.69) is 10.3 Å². The van der Waals surface area contributed by atoms with Crippen LogP contribution in [0.25, 0.3) is 0 Å². The molecular formula is C10H16N2O2S. The van der Waals surface area contributed by atoms with E-state index in [-0.39, 0.29) is 18.6 Å². The van der Waals surface area contributed by atoms with Crippen molar-refractivity contribution >= 4 is 17.3 Å². The number of hydrogen-bond acceptors (Lipinski definition) is 5. The Morgan fingerprint density at radius 1 is 1.73 bits per heavy atom. The standard InChI is InChI=1S/C10H16N2O2S/c1-4-14-9(13)6-11-8(3)10-12-5-7(2)15-10/h5,8,11H,4,6H2,1-3H3. The summed E-state index contributed by atoms with van der Waals surface area (Å²) in [5.74, 6) is -0.224. The van der Waals surface area contributed by atoms with E-state index >= 15 is 0 Å². The van der Waals surface area contributed by atoms with Crippen molar-refractivity contribution in [2.45, 2.75) is 26.8 Å². The lowest BCUT2D eigenvalue weighted by atomic mass is 10.3. The largest absolute Gasteiger partial charge is 0.465 e. The van der Waals surface area contributed by atoms with Crippen LogP contribution in [0.3, 0.4) is 0 Å². The van der Waals surface area contributed by atoms with Gasteiger partial charge >= 0.3 is 5.97 Å². The Balaban J connectivity index is 2.36. The molecule has 0 spiro atoms. The minimum Gasteiger partial charge on any atom is -0.465 e. The van der Waals surface area contributed by atoms with Crippen LogP contribution in [0.1, 0.15) is 29.8 Å². The van der Waals surface area contributed by atoms with Gasteiger partial charge in [0, 0.05) is 11.1 Å². The number of nitrogens with one attached hydrogen (secondary N) is 1. The first kappa shape index (κ1) is 12.1. The SMILES string of the molecule is CCOC(=O)CNC(C)c1ncc(C)s1. The van der Waals surface area contributed by atoms with Crippen molar-refractivity contribution in [1.29, 1.82) is 0 Å². The van der Waals surface area contributed by atoms with E-state index in [1.54, 1.807) is 18.3 Å². The van der Waals surface area contributed by atoms with Crippen molar-refractivity contribution in [1.82, 2.24) is 10.3 Å². The molecule has 1 aromatic rings. The molecule has 5 heteroatoms. The van der Waals surface area contributed by atoms with Crippen molar-refractivity contribution in [3.8, 4) is 0 Å². The van der Waals surface area contributed by atoms with Gasteiger partial charge in [-0.15, -0.1) is 11.3 Å². The molecule has 84 valence electrons. The molecule has 0 saturated carbocycles. The van der Waals surface area contributed by atoms with Gasteiger partial charge in [0.15, 0.2) is 0 Å². The molecular weight excluding hydrogens is 212 g/mol. The average molecular weight is 228 g/mol. The van der Waals surface area contributed by atoms with E-state index in [1.165, 1.54) is 4.88 Å². The summed E-state index contributed by atoms with van der Waals surface area (Å²) in [5.41, 5.74) is 0. The Kier molecular flexibility index (Phi) is 4.71.